The van der Waals surface area contributed by atoms with E-state index in [1.165, 1.54) is 0 Å². The van der Waals surface area contributed by atoms with Crippen molar-refractivity contribution in [3.05, 3.63) is 82.8 Å². The first-order valence-corrected chi connectivity index (χ1v) is 11.2. The van der Waals surface area contributed by atoms with Crippen LogP contribution in [0.5, 0.6) is 5.75 Å². The summed E-state index contributed by atoms with van der Waals surface area (Å²) in [6.45, 7) is 3.03. The van der Waals surface area contributed by atoms with Gasteiger partial charge in [-0.25, -0.2) is 9.97 Å². The topological polar surface area (TPSA) is 75.6 Å². The lowest BCUT2D eigenvalue weighted by Gasteiger charge is -2.25. The summed E-state index contributed by atoms with van der Waals surface area (Å²) in [5.74, 6) is 2.06. The number of carbonyl (C=O) groups is 2. The summed E-state index contributed by atoms with van der Waals surface area (Å²) in [6, 6.07) is 16.8. The van der Waals surface area contributed by atoms with Crippen LogP contribution in [0.4, 0.5) is 5.82 Å². The van der Waals surface area contributed by atoms with Gasteiger partial charge in [0.15, 0.2) is 5.82 Å². The molecule has 3 heterocycles. The molecule has 0 spiro atoms. The van der Waals surface area contributed by atoms with E-state index in [1.807, 2.05) is 66.4 Å². The number of aromatic nitrogens is 2. The summed E-state index contributed by atoms with van der Waals surface area (Å²) in [4.78, 5) is 39.2. The van der Waals surface area contributed by atoms with Gasteiger partial charge in [-0.1, -0.05) is 30.3 Å². The summed E-state index contributed by atoms with van der Waals surface area (Å²) in [6.07, 6.45) is 2.01. The summed E-state index contributed by atoms with van der Waals surface area (Å²) in [5.41, 5.74) is 3.34. The first kappa shape index (κ1) is 21.1. The molecule has 0 aliphatic carbocycles. The van der Waals surface area contributed by atoms with Gasteiger partial charge in [0.2, 0.25) is 5.91 Å². The third-order valence-electron chi connectivity index (χ3n) is 6.43. The first-order chi connectivity index (χ1) is 16.0. The van der Waals surface area contributed by atoms with Crippen LogP contribution < -0.4 is 9.64 Å². The van der Waals surface area contributed by atoms with Crippen molar-refractivity contribution >= 4 is 17.6 Å². The Bertz CT molecular complexity index is 1190. The van der Waals surface area contributed by atoms with Crippen LogP contribution in [0.3, 0.4) is 0 Å². The molecule has 5 rings (SSSR count). The van der Waals surface area contributed by atoms with Gasteiger partial charge in [-0.15, -0.1) is 0 Å². The van der Waals surface area contributed by atoms with Crippen molar-refractivity contribution in [3.63, 3.8) is 0 Å². The zero-order valence-corrected chi connectivity index (χ0v) is 18.8. The van der Waals surface area contributed by atoms with E-state index >= 15 is 0 Å². The third-order valence-corrected chi connectivity index (χ3v) is 6.43. The Kier molecular flexibility index (Phi) is 5.54. The SMILES string of the molecule is COc1ccc(CN2C(=O)Cc3c(C)nc(C4CCCN4C(=O)c4ccccc4)nc32)cc1. The highest BCUT2D eigenvalue weighted by atomic mass is 16.5. The highest BCUT2D eigenvalue weighted by Gasteiger charge is 2.36. The minimum absolute atomic E-state index is 0.00832. The Morgan fingerprint density at radius 3 is 2.58 bits per heavy atom. The molecule has 1 unspecified atom stereocenters. The van der Waals surface area contributed by atoms with E-state index in [2.05, 4.69) is 0 Å². The Morgan fingerprint density at radius 1 is 1.09 bits per heavy atom. The molecule has 0 saturated carbocycles. The Morgan fingerprint density at radius 2 is 1.85 bits per heavy atom. The third kappa shape index (κ3) is 3.95. The average molecular weight is 443 g/mol. The van der Waals surface area contributed by atoms with E-state index in [9.17, 15) is 9.59 Å². The Balaban J connectivity index is 1.45. The number of ether oxygens (including phenoxy) is 1. The zero-order valence-electron chi connectivity index (χ0n) is 18.8. The molecule has 2 aromatic carbocycles. The number of rotatable bonds is 5. The maximum Gasteiger partial charge on any atom is 0.254 e. The van der Waals surface area contributed by atoms with E-state index in [0.717, 1.165) is 35.4 Å². The predicted molar refractivity (Wildman–Crippen MR) is 124 cm³/mol. The molecule has 2 aliphatic rings. The molecule has 0 bridgehead atoms. The maximum absolute atomic E-state index is 13.2. The van der Waals surface area contributed by atoms with Crippen molar-refractivity contribution in [3.8, 4) is 5.75 Å². The quantitative estimate of drug-likeness (QED) is 0.600. The van der Waals surface area contributed by atoms with Crippen LogP contribution in [-0.4, -0.2) is 40.3 Å². The van der Waals surface area contributed by atoms with E-state index in [1.54, 1.807) is 12.0 Å². The first-order valence-electron chi connectivity index (χ1n) is 11.2. The molecular weight excluding hydrogens is 416 g/mol. The monoisotopic (exact) mass is 442 g/mol. The standard InChI is InChI=1S/C26H26N4O3/c1-17-21-15-23(31)30(16-18-10-12-20(33-2)13-11-18)25(21)28-24(27-17)22-9-6-14-29(22)26(32)19-7-4-3-5-8-19/h3-5,7-8,10-13,22H,6,9,14-16H2,1-2H3. The summed E-state index contributed by atoms with van der Waals surface area (Å²) >= 11 is 0. The lowest BCUT2D eigenvalue weighted by molar-refractivity contribution is -0.117. The van der Waals surface area contributed by atoms with Crippen LogP contribution in [-0.2, 0) is 17.8 Å². The number of nitrogens with zero attached hydrogens (tertiary/aromatic N) is 4. The molecular formula is C26H26N4O3. The van der Waals surface area contributed by atoms with Crippen molar-refractivity contribution in [2.45, 2.75) is 38.8 Å². The lowest BCUT2D eigenvalue weighted by atomic mass is 10.1. The Hall–Kier alpha value is -3.74. The number of benzene rings is 2. The minimum Gasteiger partial charge on any atom is -0.497 e. The largest absolute Gasteiger partial charge is 0.497 e. The smallest absolute Gasteiger partial charge is 0.254 e. The van der Waals surface area contributed by atoms with Crippen LogP contribution >= 0.6 is 0 Å². The average Bonchev–Trinajstić information content (AvgIpc) is 3.45. The molecule has 1 atom stereocenters. The van der Waals surface area contributed by atoms with E-state index in [0.29, 0.717) is 36.7 Å². The van der Waals surface area contributed by atoms with E-state index < -0.39 is 0 Å². The van der Waals surface area contributed by atoms with Crippen molar-refractivity contribution in [2.75, 3.05) is 18.6 Å². The van der Waals surface area contributed by atoms with Gasteiger partial charge in [-0.3, -0.25) is 14.5 Å². The van der Waals surface area contributed by atoms with Gasteiger partial charge in [0, 0.05) is 23.4 Å². The second-order valence-electron chi connectivity index (χ2n) is 8.50. The molecule has 1 aromatic heterocycles. The fourth-order valence-electron chi connectivity index (χ4n) is 4.65. The van der Waals surface area contributed by atoms with Gasteiger partial charge in [-0.2, -0.15) is 0 Å². The van der Waals surface area contributed by atoms with Gasteiger partial charge >= 0.3 is 0 Å². The highest BCUT2D eigenvalue weighted by Crippen LogP contribution is 2.36. The van der Waals surface area contributed by atoms with Gasteiger partial charge < -0.3 is 9.64 Å². The van der Waals surface area contributed by atoms with Gasteiger partial charge in [0.05, 0.1) is 26.1 Å². The zero-order chi connectivity index (χ0) is 22.9. The fourth-order valence-corrected chi connectivity index (χ4v) is 4.65. The molecule has 7 heteroatoms. The predicted octanol–water partition coefficient (Wildman–Crippen LogP) is 3.86. The number of likely N-dealkylation sites (tertiary alicyclic amines) is 1. The van der Waals surface area contributed by atoms with Gasteiger partial charge in [0.1, 0.15) is 11.6 Å². The lowest BCUT2D eigenvalue weighted by Crippen LogP contribution is -2.32. The fraction of sp³-hybridized carbons (Fsp3) is 0.308. The molecule has 2 amide bonds. The van der Waals surface area contributed by atoms with Crippen molar-refractivity contribution in [1.82, 2.24) is 14.9 Å². The number of carbonyl (C=O) groups excluding carboxylic acids is 2. The van der Waals surface area contributed by atoms with E-state index in [-0.39, 0.29) is 17.9 Å². The molecule has 1 fully saturated rings. The van der Waals surface area contributed by atoms with Crippen LogP contribution in [0.15, 0.2) is 54.6 Å². The molecule has 7 nitrogen and oxygen atoms in total. The number of fused-ring (bicyclic) bond motifs is 1. The molecule has 3 aromatic rings. The van der Waals surface area contributed by atoms with Crippen LogP contribution in [0.2, 0.25) is 0 Å². The van der Waals surface area contributed by atoms with Crippen molar-refractivity contribution < 1.29 is 14.3 Å². The number of hydrogen-bond donors (Lipinski definition) is 0. The second-order valence-corrected chi connectivity index (χ2v) is 8.50. The number of amides is 2. The maximum atomic E-state index is 13.2. The molecule has 0 radical (unpaired) electrons. The van der Waals surface area contributed by atoms with Gasteiger partial charge in [-0.05, 0) is 49.6 Å². The van der Waals surface area contributed by atoms with Crippen molar-refractivity contribution in [2.24, 2.45) is 0 Å². The molecule has 2 aliphatic heterocycles. The highest BCUT2D eigenvalue weighted by molar-refractivity contribution is 6.00. The summed E-state index contributed by atoms with van der Waals surface area (Å²) < 4.78 is 5.23. The van der Waals surface area contributed by atoms with Crippen LogP contribution in [0.25, 0.3) is 0 Å². The second kappa shape index (κ2) is 8.65. The van der Waals surface area contributed by atoms with Crippen LogP contribution in [0, 0.1) is 6.92 Å². The van der Waals surface area contributed by atoms with E-state index in [4.69, 9.17) is 14.7 Å². The summed E-state index contributed by atoms with van der Waals surface area (Å²) in [7, 11) is 1.63. The molecule has 168 valence electrons. The van der Waals surface area contributed by atoms with Gasteiger partial charge in [0.25, 0.3) is 5.91 Å². The molecule has 1 saturated heterocycles. The van der Waals surface area contributed by atoms with Crippen molar-refractivity contribution in [1.29, 1.82) is 0 Å². The number of aryl methyl sites for hydroxylation is 1. The number of anilines is 1. The number of hydrogen-bond acceptors (Lipinski definition) is 5. The summed E-state index contributed by atoms with van der Waals surface area (Å²) in [5, 5.41) is 0. The normalized spacial score (nSPS) is 17.4. The number of methoxy groups -OCH3 is 1. The van der Waals surface area contributed by atoms with Crippen LogP contribution in [0.1, 0.15) is 51.9 Å². The minimum atomic E-state index is -0.194. The Labute approximate surface area is 193 Å². The molecule has 0 N–H and O–H groups in total. The molecule has 33 heavy (non-hydrogen) atoms.